The maximum Gasteiger partial charge on any atom is 0.126 e. The number of aromatic nitrogens is 2. The Bertz CT molecular complexity index is 395. The van der Waals surface area contributed by atoms with Crippen molar-refractivity contribution < 1.29 is 4.74 Å². The van der Waals surface area contributed by atoms with E-state index < -0.39 is 0 Å². The molecule has 100 valence electrons. The molecule has 4 heteroatoms. The summed E-state index contributed by atoms with van der Waals surface area (Å²) in [5.74, 6) is 1.21. The second-order valence-corrected chi connectivity index (χ2v) is 5.71. The lowest BCUT2D eigenvalue weighted by atomic mass is 9.64. The predicted octanol–water partition coefficient (Wildman–Crippen LogP) is 2.12. The average Bonchev–Trinajstić information content (AvgIpc) is 2.84. The number of rotatable bonds is 4. The second kappa shape index (κ2) is 5.02. The molecular formula is C14H23N3O. The van der Waals surface area contributed by atoms with E-state index in [1.165, 1.54) is 44.5 Å². The number of hydrogen-bond donors (Lipinski definition) is 1. The van der Waals surface area contributed by atoms with Gasteiger partial charge in [0.05, 0.1) is 12.6 Å². The van der Waals surface area contributed by atoms with E-state index in [-0.39, 0.29) is 0 Å². The van der Waals surface area contributed by atoms with Crippen LogP contribution in [-0.2, 0) is 11.3 Å². The van der Waals surface area contributed by atoms with E-state index in [4.69, 9.17) is 4.74 Å². The first-order chi connectivity index (χ1) is 8.86. The highest BCUT2D eigenvalue weighted by Gasteiger charge is 2.49. The minimum atomic E-state index is 0.463. The Hall–Kier alpha value is -0.870. The van der Waals surface area contributed by atoms with Crippen LogP contribution in [0.5, 0.6) is 0 Å². The first-order valence-corrected chi connectivity index (χ1v) is 7.09. The molecular weight excluding hydrogens is 226 g/mol. The molecule has 1 aromatic heterocycles. The Labute approximate surface area is 109 Å². The number of imidazole rings is 1. The molecule has 1 aromatic rings. The summed E-state index contributed by atoms with van der Waals surface area (Å²) in [7, 11) is 1.75. The van der Waals surface area contributed by atoms with Gasteiger partial charge in [-0.15, -0.1) is 0 Å². The van der Waals surface area contributed by atoms with E-state index in [2.05, 4.69) is 21.1 Å². The van der Waals surface area contributed by atoms with Gasteiger partial charge in [0, 0.05) is 38.0 Å². The molecule has 2 aliphatic rings. The molecule has 1 saturated carbocycles. The van der Waals surface area contributed by atoms with Crippen molar-refractivity contribution in [3.63, 3.8) is 0 Å². The van der Waals surface area contributed by atoms with E-state index in [1.807, 2.05) is 6.20 Å². The fourth-order valence-corrected chi connectivity index (χ4v) is 3.54. The quantitative estimate of drug-likeness (QED) is 0.888. The van der Waals surface area contributed by atoms with Gasteiger partial charge in [-0.2, -0.15) is 0 Å². The highest BCUT2D eigenvalue weighted by molar-refractivity contribution is 5.14. The van der Waals surface area contributed by atoms with Crippen LogP contribution in [0.15, 0.2) is 12.4 Å². The lowest BCUT2D eigenvalue weighted by Gasteiger charge is -2.52. The molecule has 18 heavy (non-hydrogen) atoms. The standard InChI is InChI=1S/C14H23N3O/c1-18-10-9-17-8-7-15-13(17)12-14(11-16-12)5-3-2-4-6-14/h7-8,12,16H,2-6,9-11H2,1H3/t12-/m0/s1. The van der Waals surface area contributed by atoms with Crippen LogP contribution in [0.25, 0.3) is 0 Å². The van der Waals surface area contributed by atoms with Crippen LogP contribution in [-0.4, -0.2) is 29.8 Å². The summed E-state index contributed by atoms with van der Waals surface area (Å²) in [6.07, 6.45) is 10.9. The van der Waals surface area contributed by atoms with E-state index in [0.29, 0.717) is 11.5 Å². The first-order valence-electron chi connectivity index (χ1n) is 7.09. The second-order valence-electron chi connectivity index (χ2n) is 5.71. The van der Waals surface area contributed by atoms with Gasteiger partial charge in [-0.25, -0.2) is 4.98 Å². The summed E-state index contributed by atoms with van der Waals surface area (Å²) in [5, 5.41) is 3.60. The number of methoxy groups -OCH3 is 1. The molecule has 1 spiro atoms. The number of nitrogens with zero attached hydrogens (tertiary/aromatic N) is 2. The minimum absolute atomic E-state index is 0.463. The molecule has 2 heterocycles. The molecule has 4 nitrogen and oxygen atoms in total. The molecule has 1 atom stereocenters. The van der Waals surface area contributed by atoms with Crippen LogP contribution < -0.4 is 5.32 Å². The van der Waals surface area contributed by atoms with Gasteiger partial charge in [-0.05, 0) is 12.8 Å². The maximum atomic E-state index is 5.17. The monoisotopic (exact) mass is 249 g/mol. The molecule has 1 saturated heterocycles. The fourth-order valence-electron chi connectivity index (χ4n) is 3.54. The van der Waals surface area contributed by atoms with Crippen molar-refractivity contribution >= 4 is 0 Å². The molecule has 3 rings (SSSR count). The van der Waals surface area contributed by atoms with E-state index >= 15 is 0 Å². The Morgan fingerprint density at radius 2 is 2.28 bits per heavy atom. The highest BCUT2D eigenvalue weighted by atomic mass is 16.5. The first kappa shape index (κ1) is 12.2. The van der Waals surface area contributed by atoms with Crippen LogP contribution >= 0.6 is 0 Å². The zero-order valence-electron chi connectivity index (χ0n) is 11.2. The van der Waals surface area contributed by atoms with Crippen LogP contribution in [0.2, 0.25) is 0 Å². The summed E-state index contributed by atoms with van der Waals surface area (Å²) < 4.78 is 7.42. The Kier molecular flexibility index (Phi) is 3.39. The molecule has 0 aromatic carbocycles. The lowest BCUT2D eigenvalue weighted by Crippen LogP contribution is -2.57. The van der Waals surface area contributed by atoms with Crippen molar-refractivity contribution in [3.05, 3.63) is 18.2 Å². The number of nitrogens with one attached hydrogen (secondary N) is 1. The largest absolute Gasteiger partial charge is 0.383 e. The van der Waals surface area contributed by atoms with Crippen LogP contribution in [0, 0.1) is 5.41 Å². The molecule has 0 amide bonds. The van der Waals surface area contributed by atoms with Crippen LogP contribution in [0.3, 0.4) is 0 Å². The SMILES string of the molecule is COCCn1ccnc1[C@@H]1NCC12CCCCC2. The molecule has 0 bridgehead atoms. The van der Waals surface area contributed by atoms with Gasteiger partial charge in [-0.1, -0.05) is 19.3 Å². The van der Waals surface area contributed by atoms with E-state index in [0.717, 1.165) is 13.2 Å². The Morgan fingerprint density at radius 1 is 1.44 bits per heavy atom. The maximum absolute atomic E-state index is 5.17. The van der Waals surface area contributed by atoms with Gasteiger partial charge in [-0.3, -0.25) is 0 Å². The molecule has 1 aliphatic heterocycles. The van der Waals surface area contributed by atoms with Crippen molar-refractivity contribution in [3.8, 4) is 0 Å². The summed E-state index contributed by atoms with van der Waals surface area (Å²) in [6, 6.07) is 0.463. The summed E-state index contributed by atoms with van der Waals surface area (Å²) in [5.41, 5.74) is 0.494. The third kappa shape index (κ3) is 1.97. The van der Waals surface area contributed by atoms with Crippen molar-refractivity contribution in [2.45, 2.75) is 44.7 Å². The van der Waals surface area contributed by atoms with Gasteiger partial charge in [0.2, 0.25) is 0 Å². The predicted molar refractivity (Wildman–Crippen MR) is 70.4 cm³/mol. The van der Waals surface area contributed by atoms with Gasteiger partial charge in [0.25, 0.3) is 0 Å². The van der Waals surface area contributed by atoms with Crippen LogP contribution in [0.1, 0.15) is 44.0 Å². The zero-order valence-corrected chi connectivity index (χ0v) is 11.2. The molecule has 1 aliphatic carbocycles. The van der Waals surface area contributed by atoms with Crippen molar-refractivity contribution in [2.75, 3.05) is 20.3 Å². The lowest BCUT2D eigenvalue weighted by molar-refractivity contribution is 0.0284. The summed E-state index contributed by atoms with van der Waals surface area (Å²) in [6.45, 7) is 2.83. The average molecular weight is 249 g/mol. The molecule has 0 radical (unpaired) electrons. The minimum Gasteiger partial charge on any atom is -0.383 e. The highest BCUT2D eigenvalue weighted by Crippen LogP contribution is 2.50. The number of ether oxygens (including phenoxy) is 1. The van der Waals surface area contributed by atoms with E-state index in [9.17, 15) is 0 Å². The molecule has 1 N–H and O–H groups in total. The van der Waals surface area contributed by atoms with Gasteiger partial charge >= 0.3 is 0 Å². The summed E-state index contributed by atoms with van der Waals surface area (Å²) >= 11 is 0. The number of hydrogen-bond acceptors (Lipinski definition) is 3. The topological polar surface area (TPSA) is 39.1 Å². The smallest absolute Gasteiger partial charge is 0.126 e. The normalized spacial score (nSPS) is 26.2. The fraction of sp³-hybridized carbons (Fsp3) is 0.786. The van der Waals surface area contributed by atoms with Crippen molar-refractivity contribution in [2.24, 2.45) is 5.41 Å². The Morgan fingerprint density at radius 3 is 2.94 bits per heavy atom. The van der Waals surface area contributed by atoms with Crippen molar-refractivity contribution in [1.82, 2.24) is 14.9 Å². The zero-order chi connectivity index (χ0) is 12.4. The van der Waals surface area contributed by atoms with Gasteiger partial charge < -0.3 is 14.6 Å². The third-order valence-electron chi connectivity index (χ3n) is 4.66. The summed E-state index contributed by atoms with van der Waals surface area (Å²) in [4.78, 5) is 4.59. The molecule has 2 fully saturated rings. The molecule has 0 unspecified atom stereocenters. The van der Waals surface area contributed by atoms with Gasteiger partial charge in [0.1, 0.15) is 5.82 Å². The third-order valence-corrected chi connectivity index (χ3v) is 4.66. The van der Waals surface area contributed by atoms with Crippen LogP contribution in [0.4, 0.5) is 0 Å². The van der Waals surface area contributed by atoms with Crippen molar-refractivity contribution in [1.29, 1.82) is 0 Å². The van der Waals surface area contributed by atoms with E-state index in [1.54, 1.807) is 7.11 Å². The Balaban J connectivity index is 1.76. The van der Waals surface area contributed by atoms with Gasteiger partial charge in [0.15, 0.2) is 0 Å².